The fraction of sp³-hybridized carbons (Fsp3) is 0.400. The fourth-order valence-electron chi connectivity index (χ4n) is 3.14. The van der Waals surface area contributed by atoms with E-state index in [9.17, 15) is 8.78 Å². The molecule has 24 heavy (non-hydrogen) atoms. The van der Waals surface area contributed by atoms with Gasteiger partial charge in [0.2, 0.25) is 0 Å². The highest BCUT2D eigenvalue weighted by Gasteiger charge is 2.29. The molecule has 1 saturated heterocycles. The van der Waals surface area contributed by atoms with Gasteiger partial charge >= 0.3 is 0 Å². The van der Waals surface area contributed by atoms with Crippen molar-refractivity contribution in [3.63, 3.8) is 0 Å². The molecule has 2 nitrogen and oxygen atoms in total. The molecule has 0 aromatic heterocycles. The van der Waals surface area contributed by atoms with Crippen LogP contribution in [0.25, 0.3) is 0 Å². The largest absolute Gasteiger partial charge is 0.489 e. The summed E-state index contributed by atoms with van der Waals surface area (Å²) in [6.45, 7) is 7.32. The minimum absolute atomic E-state index is 0.219. The van der Waals surface area contributed by atoms with E-state index in [4.69, 9.17) is 4.74 Å². The molecule has 2 aromatic rings. The lowest BCUT2D eigenvalue weighted by molar-refractivity contribution is 0.279. The fourth-order valence-corrected chi connectivity index (χ4v) is 3.14. The summed E-state index contributed by atoms with van der Waals surface area (Å²) in [6, 6.07) is 11.2. The number of benzene rings is 2. The highest BCUT2D eigenvalue weighted by atomic mass is 19.1. The first kappa shape index (κ1) is 16.9. The van der Waals surface area contributed by atoms with Crippen LogP contribution in [0, 0.1) is 17.0 Å². The van der Waals surface area contributed by atoms with Crippen LogP contribution in [0.15, 0.2) is 42.5 Å². The SMILES string of the molecule is CC1(C)CCN(Cc2ccc(OCc3cccc(F)c3)cc2F)C1. The summed E-state index contributed by atoms with van der Waals surface area (Å²) in [4.78, 5) is 2.28. The van der Waals surface area contributed by atoms with Crippen molar-refractivity contribution in [3.05, 3.63) is 65.2 Å². The quantitative estimate of drug-likeness (QED) is 0.782. The van der Waals surface area contributed by atoms with Gasteiger partial charge in [-0.2, -0.15) is 0 Å². The van der Waals surface area contributed by atoms with Gasteiger partial charge in [0.25, 0.3) is 0 Å². The molecule has 1 heterocycles. The van der Waals surface area contributed by atoms with Gasteiger partial charge in [0.1, 0.15) is 24.0 Å². The number of nitrogens with zero attached hydrogens (tertiary/aromatic N) is 1. The van der Waals surface area contributed by atoms with Crippen molar-refractivity contribution < 1.29 is 13.5 Å². The number of likely N-dealkylation sites (tertiary alicyclic amines) is 1. The molecule has 2 aromatic carbocycles. The monoisotopic (exact) mass is 331 g/mol. The highest BCUT2D eigenvalue weighted by molar-refractivity contribution is 5.29. The smallest absolute Gasteiger partial charge is 0.131 e. The van der Waals surface area contributed by atoms with Gasteiger partial charge in [-0.3, -0.25) is 4.90 Å². The predicted octanol–water partition coefficient (Wildman–Crippen LogP) is 4.78. The van der Waals surface area contributed by atoms with Crippen molar-refractivity contribution in [2.45, 2.75) is 33.4 Å². The number of halogens is 2. The van der Waals surface area contributed by atoms with Crippen molar-refractivity contribution >= 4 is 0 Å². The zero-order valence-corrected chi connectivity index (χ0v) is 14.2. The van der Waals surface area contributed by atoms with Crippen LogP contribution in [0.1, 0.15) is 31.4 Å². The molecule has 1 aliphatic rings. The summed E-state index contributed by atoms with van der Waals surface area (Å²) >= 11 is 0. The molecular weight excluding hydrogens is 308 g/mol. The molecule has 0 aliphatic carbocycles. The second kappa shape index (κ2) is 6.89. The zero-order valence-electron chi connectivity index (χ0n) is 14.2. The normalized spacial score (nSPS) is 17.2. The molecule has 0 amide bonds. The number of hydrogen-bond donors (Lipinski definition) is 0. The molecule has 1 fully saturated rings. The molecule has 0 saturated carbocycles. The molecule has 0 atom stereocenters. The van der Waals surface area contributed by atoms with E-state index in [0.717, 1.165) is 25.1 Å². The molecule has 0 N–H and O–H groups in total. The third kappa shape index (κ3) is 4.32. The first-order valence-electron chi connectivity index (χ1n) is 8.29. The van der Waals surface area contributed by atoms with Crippen LogP contribution < -0.4 is 4.74 Å². The Bertz CT molecular complexity index is 715. The predicted molar refractivity (Wildman–Crippen MR) is 90.8 cm³/mol. The Morgan fingerprint density at radius 3 is 2.62 bits per heavy atom. The highest BCUT2D eigenvalue weighted by Crippen LogP contribution is 2.30. The van der Waals surface area contributed by atoms with Crippen molar-refractivity contribution in [1.29, 1.82) is 0 Å². The van der Waals surface area contributed by atoms with Gasteiger partial charge in [0, 0.05) is 24.7 Å². The van der Waals surface area contributed by atoms with E-state index in [-0.39, 0.29) is 18.2 Å². The lowest BCUT2D eigenvalue weighted by atomic mass is 9.93. The van der Waals surface area contributed by atoms with Crippen LogP contribution in [0.4, 0.5) is 8.78 Å². The molecule has 4 heteroatoms. The maximum atomic E-state index is 14.3. The first-order chi connectivity index (χ1) is 11.4. The van der Waals surface area contributed by atoms with E-state index >= 15 is 0 Å². The van der Waals surface area contributed by atoms with Crippen LogP contribution in [0.2, 0.25) is 0 Å². The van der Waals surface area contributed by atoms with Crippen LogP contribution >= 0.6 is 0 Å². The summed E-state index contributed by atoms with van der Waals surface area (Å²) in [7, 11) is 0. The molecular formula is C20H23F2NO. The van der Waals surface area contributed by atoms with Gasteiger partial charge in [-0.05, 0) is 42.1 Å². The topological polar surface area (TPSA) is 12.5 Å². The Kier molecular flexibility index (Phi) is 4.86. The van der Waals surface area contributed by atoms with E-state index in [1.165, 1.54) is 18.2 Å². The second-order valence-corrected chi connectivity index (χ2v) is 7.30. The van der Waals surface area contributed by atoms with Crippen LogP contribution in [0.5, 0.6) is 5.75 Å². The van der Waals surface area contributed by atoms with Crippen molar-refractivity contribution in [2.24, 2.45) is 5.41 Å². The van der Waals surface area contributed by atoms with Gasteiger partial charge < -0.3 is 4.74 Å². The van der Waals surface area contributed by atoms with Gasteiger partial charge in [0.05, 0.1) is 0 Å². The third-order valence-corrected chi connectivity index (χ3v) is 4.47. The summed E-state index contributed by atoms with van der Waals surface area (Å²) in [6.07, 6.45) is 1.14. The lowest BCUT2D eigenvalue weighted by Gasteiger charge is -2.20. The van der Waals surface area contributed by atoms with E-state index in [1.807, 2.05) is 0 Å². The summed E-state index contributed by atoms with van der Waals surface area (Å²) in [5.41, 5.74) is 1.72. The van der Waals surface area contributed by atoms with Crippen LogP contribution in [0.3, 0.4) is 0 Å². The van der Waals surface area contributed by atoms with Crippen LogP contribution in [-0.2, 0) is 13.2 Å². The molecule has 0 bridgehead atoms. The molecule has 0 unspecified atom stereocenters. The third-order valence-electron chi connectivity index (χ3n) is 4.47. The van der Waals surface area contributed by atoms with Gasteiger partial charge in [-0.15, -0.1) is 0 Å². The Morgan fingerprint density at radius 2 is 1.96 bits per heavy atom. The Labute approximate surface area is 142 Å². The van der Waals surface area contributed by atoms with Gasteiger partial charge in [0.15, 0.2) is 0 Å². The zero-order chi connectivity index (χ0) is 17.2. The van der Waals surface area contributed by atoms with Crippen molar-refractivity contribution in [1.82, 2.24) is 4.90 Å². The van der Waals surface area contributed by atoms with Crippen LogP contribution in [-0.4, -0.2) is 18.0 Å². The van der Waals surface area contributed by atoms with Crippen molar-refractivity contribution in [2.75, 3.05) is 13.1 Å². The van der Waals surface area contributed by atoms with E-state index in [1.54, 1.807) is 24.3 Å². The van der Waals surface area contributed by atoms with E-state index in [0.29, 0.717) is 23.3 Å². The maximum absolute atomic E-state index is 14.3. The average molecular weight is 331 g/mol. The Hall–Kier alpha value is -1.94. The average Bonchev–Trinajstić information content (AvgIpc) is 2.87. The van der Waals surface area contributed by atoms with Crippen molar-refractivity contribution in [3.8, 4) is 5.75 Å². The second-order valence-electron chi connectivity index (χ2n) is 7.30. The maximum Gasteiger partial charge on any atom is 0.131 e. The number of hydrogen-bond acceptors (Lipinski definition) is 2. The summed E-state index contributed by atoms with van der Waals surface area (Å²) < 4.78 is 33.0. The number of ether oxygens (including phenoxy) is 1. The Balaban J connectivity index is 1.60. The minimum atomic E-state index is -0.300. The molecule has 1 aliphatic heterocycles. The summed E-state index contributed by atoms with van der Waals surface area (Å²) in [5.74, 6) is -0.0927. The van der Waals surface area contributed by atoms with Gasteiger partial charge in [-0.1, -0.05) is 32.0 Å². The lowest BCUT2D eigenvalue weighted by Crippen LogP contribution is -2.23. The molecule has 0 spiro atoms. The van der Waals surface area contributed by atoms with E-state index < -0.39 is 0 Å². The van der Waals surface area contributed by atoms with E-state index in [2.05, 4.69) is 18.7 Å². The number of rotatable bonds is 5. The minimum Gasteiger partial charge on any atom is -0.489 e. The molecule has 3 rings (SSSR count). The molecule has 0 radical (unpaired) electrons. The first-order valence-corrected chi connectivity index (χ1v) is 8.29. The standard InChI is InChI=1S/C20H23F2NO/c1-20(2)8-9-23(14-20)12-16-6-7-18(11-19(16)22)24-13-15-4-3-5-17(21)10-15/h3-7,10-11H,8-9,12-14H2,1-2H3. The Morgan fingerprint density at radius 1 is 1.12 bits per heavy atom. The molecule has 128 valence electrons. The van der Waals surface area contributed by atoms with Gasteiger partial charge in [-0.25, -0.2) is 8.78 Å². The summed E-state index contributed by atoms with van der Waals surface area (Å²) in [5, 5.41) is 0.